The number of nitrogens with one attached hydrogen (secondary N) is 1. The molecule has 0 aliphatic carbocycles. The van der Waals surface area contributed by atoms with Crippen molar-refractivity contribution in [1.29, 1.82) is 0 Å². The van der Waals surface area contributed by atoms with Crippen LogP contribution in [-0.4, -0.2) is 36.6 Å². The van der Waals surface area contributed by atoms with Gasteiger partial charge in [0.15, 0.2) is 0 Å². The normalized spacial score (nSPS) is 28.7. The summed E-state index contributed by atoms with van der Waals surface area (Å²) in [7, 11) is 0. The lowest BCUT2D eigenvalue weighted by Crippen LogP contribution is -2.42. The van der Waals surface area contributed by atoms with Crippen molar-refractivity contribution >= 4 is 0 Å². The number of piperidine rings is 1. The molecule has 2 atom stereocenters. The molecule has 1 saturated heterocycles. The smallest absolute Gasteiger partial charge is 0.00418 e. The third-order valence-corrected chi connectivity index (χ3v) is 3.36. The molecule has 0 aromatic carbocycles. The van der Waals surface area contributed by atoms with E-state index in [9.17, 15) is 0 Å². The summed E-state index contributed by atoms with van der Waals surface area (Å²) < 4.78 is 0. The lowest BCUT2D eigenvalue weighted by Gasteiger charge is -2.34. The summed E-state index contributed by atoms with van der Waals surface area (Å²) >= 11 is 0. The first-order chi connectivity index (χ1) is 6.63. The van der Waals surface area contributed by atoms with Gasteiger partial charge in [-0.3, -0.25) is 0 Å². The minimum Gasteiger partial charge on any atom is -0.314 e. The Labute approximate surface area is 89.1 Å². The van der Waals surface area contributed by atoms with Crippen molar-refractivity contribution in [2.75, 3.05) is 19.6 Å². The molecule has 1 aliphatic rings. The molecule has 14 heavy (non-hydrogen) atoms. The molecule has 0 aromatic rings. The van der Waals surface area contributed by atoms with Crippen LogP contribution in [0.25, 0.3) is 0 Å². The molecule has 2 heteroatoms. The van der Waals surface area contributed by atoms with E-state index < -0.39 is 0 Å². The van der Waals surface area contributed by atoms with Crippen molar-refractivity contribution in [3.05, 3.63) is 0 Å². The molecular weight excluding hydrogens is 172 g/mol. The summed E-state index contributed by atoms with van der Waals surface area (Å²) in [5.41, 5.74) is 0. The Morgan fingerprint density at radius 3 is 2.64 bits per heavy atom. The van der Waals surface area contributed by atoms with Crippen LogP contribution in [0.1, 0.15) is 40.5 Å². The lowest BCUT2D eigenvalue weighted by molar-refractivity contribution is 0.167. The number of hydrogen-bond acceptors (Lipinski definition) is 2. The van der Waals surface area contributed by atoms with Gasteiger partial charge in [-0.1, -0.05) is 6.92 Å². The molecular formula is C12H26N2. The minimum absolute atomic E-state index is 0.699. The third kappa shape index (κ3) is 3.58. The molecule has 0 amide bonds. The van der Waals surface area contributed by atoms with Crippen molar-refractivity contribution in [3.8, 4) is 0 Å². The molecule has 0 saturated carbocycles. The van der Waals surface area contributed by atoms with E-state index in [1.165, 1.54) is 32.5 Å². The molecule has 0 radical (unpaired) electrons. The van der Waals surface area contributed by atoms with E-state index in [2.05, 4.69) is 37.9 Å². The van der Waals surface area contributed by atoms with E-state index in [-0.39, 0.29) is 0 Å². The van der Waals surface area contributed by atoms with Crippen LogP contribution in [0.15, 0.2) is 0 Å². The highest BCUT2D eigenvalue weighted by Crippen LogP contribution is 2.18. The zero-order valence-electron chi connectivity index (χ0n) is 10.2. The maximum Gasteiger partial charge on any atom is 0.00418 e. The van der Waals surface area contributed by atoms with Crippen LogP contribution in [0.5, 0.6) is 0 Å². The third-order valence-electron chi connectivity index (χ3n) is 3.36. The Morgan fingerprint density at radius 2 is 2.14 bits per heavy atom. The van der Waals surface area contributed by atoms with Gasteiger partial charge in [0.25, 0.3) is 0 Å². The van der Waals surface area contributed by atoms with E-state index in [0.717, 1.165) is 12.0 Å². The number of nitrogens with zero attached hydrogens (tertiary/aromatic N) is 1. The summed E-state index contributed by atoms with van der Waals surface area (Å²) in [6.45, 7) is 12.9. The molecule has 0 spiro atoms. The SMILES string of the molecule is CCN(CC1CCNC(C)C1)C(C)C. The topological polar surface area (TPSA) is 15.3 Å². The fourth-order valence-electron chi connectivity index (χ4n) is 2.44. The van der Waals surface area contributed by atoms with Gasteiger partial charge in [-0.2, -0.15) is 0 Å². The van der Waals surface area contributed by atoms with Gasteiger partial charge in [0.2, 0.25) is 0 Å². The van der Waals surface area contributed by atoms with Crippen molar-refractivity contribution in [3.63, 3.8) is 0 Å². The molecule has 1 aliphatic heterocycles. The molecule has 2 nitrogen and oxygen atoms in total. The van der Waals surface area contributed by atoms with Gasteiger partial charge in [0, 0.05) is 18.6 Å². The summed E-state index contributed by atoms with van der Waals surface area (Å²) in [6, 6.07) is 1.42. The quantitative estimate of drug-likeness (QED) is 0.744. The summed E-state index contributed by atoms with van der Waals surface area (Å²) in [4.78, 5) is 2.59. The average molecular weight is 198 g/mol. The van der Waals surface area contributed by atoms with Gasteiger partial charge in [-0.05, 0) is 52.6 Å². The van der Waals surface area contributed by atoms with Crippen LogP contribution < -0.4 is 5.32 Å². The van der Waals surface area contributed by atoms with Crippen LogP contribution in [0, 0.1) is 5.92 Å². The van der Waals surface area contributed by atoms with Crippen molar-refractivity contribution in [2.24, 2.45) is 5.92 Å². The van der Waals surface area contributed by atoms with Crippen LogP contribution in [0.3, 0.4) is 0 Å². The van der Waals surface area contributed by atoms with Crippen LogP contribution in [-0.2, 0) is 0 Å². The molecule has 0 bridgehead atoms. The predicted octanol–water partition coefficient (Wildman–Crippen LogP) is 2.10. The fraction of sp³-hybridized carbons (Fsp3) is 1.00. The Morgan fingerprint density at radius 1 is 1.43 bits per heavy atom. The molecule has 84 valence electrons. The summed E-state index contributed by atoms with van der Waals surface area (Å²) in [5.74, 6) is 0.911. The Bertz CT molecular complexity index is 156. The highest BCUT2D eigenvalue weighted by molar-refractivity contribution is 4.78. The standard InChI is InChI=1S/C12H26N2/c1-5-14(10(2)3)9-12-6-7-13-11(4)8-12/h10-13H,5-9H2,1-4H3. The molecule has 1 heterocycles. The van der Waals surface area contributed by atoms with Crippen LogP contribution in [0.4, 0.5) is 0 Å². The Kier molecular flexibility index (Phi) is 4.90. The highest BCUT2D eigenvalue weighted by Gasteiger charge is 2.21. The van der Waals surface area contributed by atoms with E-state index >= 15 is 0 Å². The number of rotatable bonds is 4. The fourth-order valence-corrected chi connectivity index (χ4v) is 2.44. The van der Waals surface area contributed by atoms with E-state index in [1.807, 2.05) is 0 Å². The van der Waals surface area contributed by atoms with Gasteiger partial charge in [0.1, 0.15) is 0 Å². The second kappa shape index (κ2) is 5.72. The Hall–Kier alpha value is -0.0800. The zero-order chi connectivity index (χ0) is 10.6. The molecule has 2 unspecified atom stereocenters. The van der Waals surface area contributed by atoms with Gasteiger partial charge >= 0.3 is 0 Å². The summed E-state index contributed by atoms with van der Waals surface area (Å²) in [5, 5.41) is 3.51. The van der Waals surface area contributed by atoms with Crippen molar-refractivity contribution < 1.29 is 0 Å². The van der Waals surface area contributed by atoms with Crippen LogP contribution in [0.2, 0.25) is 0 Å². The van der Waals surface area contributed by atoms with Gasteiger partial charge in [-0.15, -0.1) is 0 Å². The molecule has 1 rings (SSSR count). The Balaban J connectivity index is 2.33. The largest absolute Gasteiger partial charge is 0.314 e. The zero-order valence-corrected chi connectivity index (χ0v) is 10.2. The van der Waals surface area contributed by atoms with Crippen molar-refractivity contribution in [1.82, 2.24) is 10.2 Å². The van der Waals surface area contributed by atoms with Crippen molar-refractivity contribution in [2.45, 2.75) is 52.6 Å². The predicted molar refractivity (Wildman–Crippen MR) is 62.6 cm³/mol. The maximum atomic E-state index is 3.51. The first-order valence-electron chi connectivity index (χ1n) is 6.11. The second-order valence-electron chi connectivity index (χ2n) is 4.93. The highest BCUT2D eigenvalue weighted by atomic mass is 15.1. The van der Waals surface area contributed by atoms with E-state index in [1.54, 1.807) is 0 Å². The van der Waals surface area contributed by atoms with Gasteiger partial charge in [0.05, 0.1) is 0 Å². The second-order valence-corrected chi connectivity index (χ2v) is 4.93. The average Bonchev–Trinajstić information content (AvgIpc) is 2.14. The van der Waals surface area contributed by atoms with Gasteiger partial charge < -0.3 is 10.2 Å². The molecule has 1 N–H and O–H groups in total. The first-order valence-corrected chi connectivity index (χ1v) is 6.11. The minimum atomic E-state index is 0.699. The van der Waals surface area contributed by atoms with Gasteiger partial charge in [-0.25, -0.2) is 0 Å². The lowest BCUT2D eigenvalue weighted by atomic mass is 9.92. The maximum absolute atomic E-state index is 3.51. The molecule has 0 aromatic heterocycles. The molecule has 1 fully saturated rings. The summed E-state index contributed by atoms with van der Waals surface area (Å²) in [6.07, 6.45) is 2.71. The van der Waals surface area contributed by atoms with E-state index in [0.29, 0.717) is 6.04 Å². The first kappa shape index (κ1) is 12.0. The number of hydrogen-bond donors (Lipinski definition) is 1. The monoisotopic (exact) mass is 198 g/mol. The van der Waals surface area contributed by atoms with Crippen LogP contribution >= 0.6 is 0 Å². The van der Waals surface area contributed by atoms with E-state index in [4.69, 9.17) is 0 Å².